The molecule has 0 unspecified atom stereocenters. The fourth-order valence-corrected chi connectivity index (χ4v) is 3.18. The van der Waals surface area contributed by atoms with Gasteiger partial charge in [-0.05, 0) is 43.8 Å². The second-order valence-corrected chi connectivity index (χ2v) is 6.88. The molecule has 0 atom stereocenters. The van der Waals surface area contributed by atoms with Crippen LogP contribution in [0, 0.1) is 13.8 Å². The van der Waals surface area contributed by atoms with Crippen LogP contribution >= 0.6 is 23.8 Å². The highest BCUT2D eigenvalue weighted by atomic mass is 35.5. The lowest BCUT2D eigenvalue weighted by molar-refractivity contribution is 0.173. The molecule has 7 heteroatoms. The van der Waals surface area contributed by atoms with Gasteiger partial charge in [-0.15, -0.1) is 0 Å². The van der Waals surface area contributed by atoms with Gasteiger partial charge in [-0.3, -0.25) is 4.90 Å². The first kappa shape index (κ1) is 17.2. The maximum absolute atomic E-state index is 6.16. The zero-order valence-corrected chi connectivity index (χ0v) is 15.5. The predicted octanol–water partition coefficient (Wildman–Crippen LogP) is 3.46. The van der Waals surface area contributed by atoms with Crippen molar-refractivity contribution in [2.45, 2.75) is 20.4 Å². The second-order valence-electron chi connectivity index (χ2n) is 6.09. The number of aromatic nitrogens is 1. The molecule has 24 heavy (non-hydrogen) atoms. The summed E-state index contributed by atoms with van der Waals surface area (Å²) in [4.78, 5) is 4.55. The Bertz CT molecular complexity index is 725. The molecule has 128 valence electrons. The lowest BCUT2D eigenvalue weighted by Gasteiger charge is -2.35. The van der Waals surface area contributed by atoms with Crippen molar-refractivity contribution in [3.05, 3.63) is 46.3 Å². The molecule has 0 saturated carbocycles. The van der Waals surface area contributed by atoms with E-state index >= 15 is 0 Å². The highest BCUT2D eigenvalue weighted by Crippen LogP contribution is 2.20. The number of nitrogens with one attached hydrogen (secondary N) is 1. The van der Waals surface area contributed by atoms with Crippen molar-refractivity contribution in [1.82, 2.24) is 15.0 Å². The molecule has 1 N–H and O–H groups in total. The largest absolute Gasteiger partial charge is 0.361 e. The number of hydrogen-bond acceptors (Lipinski definition) is 4. The quantitative estimate of drug-likeness (QED) is 0.841. The van der Waals surface area contributed by atoms with E-state index in [0.29, 0.717) is 0 Å². The standard InChI is InChI=1S/C17H21ClN4OS/c1-12-3-4-14(10-16(12)18)19-17(24)22-7-5-21(6-8-22)11-15-9-13(2)23-20-15/h3-4,9-10H,5-8,11H2,1-2H3,(H,19,24). The molecule has 1 aromatic heterocycles. The normalized spacial score (nSPS) is 15.5. The zero-order valence-electron chi connectivity index (χ0n) is 13.9. The molecule has 1 aliphatic heterocycles. The Morgan fingerprint density at radius 1 is 1.25 bits per heavy atom. The van der Waals surface area contributed by atoms with Gasteiger partial charge in [-0.1, -0.05) is 22.8 Å². The second kappa shape index (κ2) is 7.51. The van der Waals surface area contributed by atoms with Gasteiger partial charge in [0.1, 0.15) is 5.76 Å². The van der Waals surface area contributed by atoms with Crippen molar-refractivity contribution in [3.63, 3.8) is 0 Å². The number of rotatable bonds is 3. The lowest BCUT2D eigenvalue weighted by Crippen LogP contribution is -2.49. The fourth-order valence-electron chi connectivity index (χ4n) is 2.70. The average molecular weight is 365 g/mol. The molecular formula is C17H21ClN4OS. The van der Waals surface area contributed by atoms with Gasteiger partial charge in [-0.25, -0.2) is 0 Å². The van der Waals surface area contributed by atoms with Crippen LogP contribution < -0.4 is 5.32 Å². The Hall–Kier alpha value is -1.63. The summed E-state index contributed by atoms with van der Waals surface area (Å²) in [5.41, 5.74) is 2.97. The summed E-state index contributed by atoms with van der Waals surface area (Å²) in [6, 6.07) is 7.88. The number of piperazine rings is 1. The number of halogens is 1. The molecule has 0 radical (unpaired) electrons. The minimum absolute atomic E-state index is 0.742. The summed E-state index contributed by atoms with van der Waals surface area (Å²) in [6.45, 7) is 8.39. The summed E-state index contributed by atoms with van der Waals surface area (Å²) < 4.78 is 5.12. The molecule has 2 aromatic rings. The van der Waals surface area contributed by atoms with E-state index in [9.17, 15) is 0 Å². The van der Waals surface area contributed by atoms with Crippen LogP contribution in [-0.4, -0.2) is 46.2 Å². The molecule has 1 saturated heterocycles. The third-order valence-corrected chi connectivity index (χ3v) is 4.91. The molecule has 0 aliphatic carbocycles. The van der Waals surface area contributed by atoms with Crippen molar-refractivity contribution < 1.29 is 4.52 Å². The van der Waals surface area contributed by atoms with Crippen molar-refractivity contribution in [2.24, 2.45) is 0 Å². The van der Waals surface area contributed by atoms with Gasteiger partial charge in [0.2, 0.25) is 0 Å². The van der Waals surface area contributed by atoms with E-state index in [4.69, 9.17) is 28.3 Å². The molecule has 0 spiro atoms. The highest BCUT2D eigenvalue weighted by Gasteiger charge is 2.20. The molecule has 1 aromatic carbocycles. The third-order valence-electron chi connectivity index (χ3n) is 4.14. The first-order valence-electron chi connectivity index (χ1n) is 7.98. The van der Waals surface area contributed by atoms with E-state index in [1.54, 1.807) is 0 Å². The minimum atomic E-state index is 0.742. The molecular weight excluding hydrogens is 344 g/mol. The van der Waals surface area contributed by atoms with Crippen LogP contribution in [0.2, 0.25) is 5.02 Å². The number of anilines is 1. The van der Waals surface area contributed by atoms with E-state index in [0.717, 1.165) is 65.6 Å². The van der Waals surface area contributed by atoms with Gasteiger partial charge in [0, 0.05) is 49.5 Å². The molecule has 1 aliphatic rings. The smallest absolute Gasteiger partial charge is 0.173 e. The van der Waals surface area contributed by atoms with Crippen LogP contribution in [0.25, 0.3) is 0 Å². The van der Waals surface area contributed by atoms with Crippen LogP contribution in [0.5, 0.6) is 0 Å². The van der Waals surface area contributed by atoms with E-state index in [1.807, 2.05) is 38.1 Å². The van der Waals surface area contributed by atoms with Crippen LogP contribution in [0.3, 0.4) is 0 Å². The third kappa shape index (κ3) is 4.26. The van der Waals surface area contributed by atoms with Gasteiger partial charge < -0.3 is 14.7 Å². The monoisotopic (exact) mass is 364 g/mol. The molecule has 3 rings (SSSR count). The molecule has 5 nitrogen and oxygen atoms in total. The lowest BCUT2D eigenvalue weighted by atomic mass is 10.2. The minimum Gasteiger partial charge on any atom is -0.361 e. The Balaban J connectivity index is 1.50. The van der Waals surface area contributed by atoms with E-state index < -0.39 is 0 Å². The summed E-state index contributed by atoms with van der Waals surface area (Å²) >= 11 is 11.7. The molecule has 0 amide bonds. The van der Waals surface area contributed by atoms with Crippen molar-refractivity contribution in [2.75, 3.05) is 31.5 Å². The van der Waals surface area contributed by atoms with Gasteiger partial charge in [0.15, 0.2) is 5.11 Å². The molecule has 1 fully saturated rings. The number of hydrogen-bond donors (Lipinski definition) is 1. The van der Waals surface area contributed by atoms with Crippen molar-refractivity contribution in [3.8, 4) is 0 Å². The first-order chi connectivity index (χ1) is 11.5. The van der Waals surface area contributed by atoms with Gasteiger partial charge in [0.25, 0.3) is 0 Å². The number of aryl methyl sites for hydroxylation is 2. The van der Waals surface area contributed by atoms with Crippen molar-refractivity contribution >= 4 is 34.6 Å². The van der Waals surface area contributed by atoms with Gasteiger partial charge >= 0.3 is 0 Å². The Morgan fingerprint density at radius 3 is 2.62 bits per heavy atom. The van der Waals surface area contributed by atoms with E-state index in [-0.39, 0.29) is 0 Å². The summed E-state index contributed by atoms with van der Waals surface area (Å²) in [7, 11) is 0. The average Bonchev–Trinajstić information content (AvgIpc) is 2.96. The summed E-state index contributed by atoms with van der Waals surface area (Å²) in [5, 5.41) is 8.82. The molecule has 2 heterocycles. The molecule has 0 bridgehead atoms. The Morgan fingerprint density at radius 2 is 2.00 bits per heavy atom. The predicted molar refractivity (Wildman–Crippen MR) is 100 cm³/mol. The van der Waals surface area contributed by atoms with E-state index in [1.165, 1.54) is 0 Å². The maximum atomic E-state index is 6.16. The first-order valence-corrected chi connectivity index (χ1v) is 8.76. The van der Waals surface area contributed by atoms with Crippen LogP contribution in [0.15, 0.2) is 28.8 Å². The van der Waals surface area contributed by atoms with Crippen LogP contribution in [-0.2, 0) is 6.54 Å². The van der Waals surface area contributed by atoms with Gasteiger partial charge in [-0.2, -0.15) is 0 Å². The SMILES string of the molecule is Cc1cc(CN2CCN(C(=S)Nc3ccc(C)c(Cl)c3)CC2)no1. The highest BCUT2D eigenvalue weighted by molar-refractivity contribution is 7.80. The van der Waals surface area contributed by atoms with Gasteiger partial charge in [0.05, 0.1) is 5.69 Å². The number of nitrogens with zero attached hydrogens (tertiary/aromatic N) is 3. The zero-order chi connectivity index (χ0) is 17.1. The van der Waals surface area contributed by atoms with Crippen LogP contribution in [0.4, 0.5) is 5.69 Å². The maximum Gasteiger partial charge on any atom is 0.173 e. The Kier molecular flexibility index (Phi) is 5.38. The summed E-state index contributed by atoms with van der Waals surface area (Å²) in [6.07, 6.45) is 0. The van der Waals surface area contributed by atoms with Crippen molar-refractivity contribution in [1.29, 1.82) is 0 Å². The van der Waals surface area contributed by atoms with E-state index in [2.05, 4.69) is 20.3 Å². The topological polar surface area (TPSA) is 44.5 Å². The van der Waals surface area contributed by atoms with Crippen LogP contribution in [0.1, 0.15) is 17.0 Å². The number of benzene rings is 1. The number of thiocarbonyl (C=S) groups is 1. The Labute approximate surface area is 152 Å². The fraction of sp³-hybridized carbons (Fsp3) is 0.412. The summed E-state index contributed by atoms with van der Waals surface area (Å²) in [5.74, 6) is 0.853.